The summed E-state index contributed by atoms with van der Waals surface area (Å²) >= 11 is 0. The molecule has 6 heteroatoms. The van der Waals surface area contributed by atoms with Gasteiger partial charge in [-0.05, 0) is 20.9 Å². The molecule has 2 N–H and O–H groups in total. The van der Waals surface area contributed by atoms with Crippen LogP contribution in [0.3, 0.4) is 0 Å². The number of nitrogens with zero attached hydrogens (tertiary/aromatic N) is 3. The lowest BCUT2D eigenvalue weighted by Crippen LogP contribution is -2.33. The smallest absolute Gasteiger partial charge is 0.318 e. The zero-order valence-corrected chi connectivity index (χ0v) is 9.40. The molecule has 1 heterocycles. The summed E-state index contributed by atoms with van der Waals surface area (Å²) in [5, 5.41) is 19.7. The third-order valence-corrected chi connectivity index (χ3v) is 1.99. The topological polar surface area (TPSA) is 74.4 Å². The number of aliphatic hydroxyl groups excluding tert-OH is 1. The molecule has 0 amide bonds. The summed E-state index contributed by atoms with van der Waals surface area (Å²) in [6.45, 7) is 5.15. The average Bonchev–Trinajstić information content (AvgIpc) is 2.62. The predicted molar refractivity (Wildman–Crippen MR) is 56.6 cm³/mol. The Balaban J connectivity index is 2.72. The number of anilines is 1. The van der Waals surface area contributed by atoms with Crippen molar-refractivity contribution in [2.45, 2.75) is 26.4 Å². The van der Waals surface area contributed by atoms with Crippen molar-refractivity contribution in [2.75, 3.05) is 25.1 Å². The van der Waals surface area contributed by atoms with E-state index < -0.39 is 0 Å². The van der Waals surface area contributed by atoms with Gasteiger partial charge >= 0.3 is 6.01 Å². The quantitative estimate of drug-likeness (QED) is 0.694. The van der Waals surface area contributed by atoms with E-state index in [1.807, 2.05) is 25.8 Å². The number of nitrogens with one attached hydrogen (secondary N) is 1. The van der Waals surface area contributed by atoms with E-state index >= 15 is 0 Å². The predicted octanol–water partition coefficient (Wildman–Crippen LogP) is -0.00390. The second-order valence-corrected chi connectivity index (χ2v) is 3.52. The van der Waals surface area contributed by atoms with Crippen LogP contribution in [-0.2, 0) is 6.54 Å². The molecule has 0 unspecified atom stereocenters. The first-order chi connectivity index (χ1) is 7.19. The highest BCUT2D eigenvalue weighted by Gasteiger charge is 2.16. The van der Waals surface area contributed by atoms with Crippen LogP contribution in [-0.4, -0.2) is 41.5 Å². The molecule has 1 rings (SSSR count). The largest absolute Gasteiger partial charge is 0.407 e. The summed E-state index contributed by atoms with van der Waals surface area (Å²) in [6, 6.07) is 0.685. The van der Waals surface area contributed by atoms with Gasteiger partial charge in [0.1, 0.15) is 0 Å². The third kappa shape index (κ3) is 3.17. The zero-order chi connectivity index (χ0) is 11.3. The highest BCUT2D eigenvalue weighted by atomic mass is 16.4. The highest BCUT2D eigenvalue weighted by molar-refractivity contribution is 5.25. The van der Waals surface area contributed by atoms with Crippen molar-refractivity contribution in [3.8, 4) is 0 Å². The van der Waals surface area contributed by atoms with Crippen LogP contribution in [0.15, 0.2) is 4.42 Å². The molecule has 0 saturated carbocycles. The van der Waals surface area contributed by atoms with Gasteiger partial charge in [-0.1, -0.05) is 5.10 Å². The molecule has 6 nitrogen and oxygen atoms in total. The molecule has 0 bridgehead atoms. The van der Waals surface area contributed by atoms with E-state index in [9.17, 15) is 0 Å². The second-order valence-electron chi connectivity index (χ2n) is 3.52. The van der Waals surface area contributed by atoms with Crippen molar-refractivity contribution in [3.63, 3.8) is 0 Å². The summed E-state index contributed by atoms with van der Waals surface area (Å²) in [7, 11) is 1.82. The van der Waals surface area contributed by atoms with Crippen molar-refractivity contribution in [1.82, 2.24) is 15.5 Å². The van der Waals surface area contributed by atoms with Gasteiger partial charge in [0.25, 0.3) is 0 Å². The van der Waals surface area contributed by atoms with Crippen LogP contribution in [0.5, 0.6) is 0 Å². The molecule has 0 aliphatic carbocycles. The minimum Gasteiger partial charge on any atom is -0.407 e. The van der Waals surface area contributed by atoms with E-state index in [0.29, 0.717) is 25.0 Å². The highest BCUT2D eigenvalue weighted by Crippen LogP contribution is 2.14. The standard InChI is InChI=1S/C9H18N4O2/c1-7(2)13(4-5-14)9-12-11-8(15-9)6-10-3/h7,10,14H,4-6H2,1-3H3. The van der Waals surface area contributed by atoms with Crippen molar-refractivity contribution in [3.05, 3.63) is 5.89 Å². The van der Waals surface area contributed by atoms with Gasteiger partial charge in [-0.3, -0.25) is 0 Å². The van der Waals surface area contributed by atoms with Crippen molar-refractivity contribution < 1.29 is 9.52 Å². The fourth-order valence-corrected chi connectivity index (χ4v) is 1.27. The van der Waals surface area contributed by atoms with E-state index in [0.717, 1.165) is 0 Å². The van der Waals surface area contributed by atoms with Gasteiger partial charge in [0.05, 0.1) is 13.2 Å². The maximum atomic E-state index is 8.91. The van der Waals surface area contributed by atoms with Crippen molar-refractivity contribution in [1.29, 1.82) is 0 Å². The average molecular weight is 214 g/mol. The molecule has 0 aromatic carbocycles. The molecule has 0 spiro atoms. The Morgan fingerprint density at radius 2 is 2.20 bits per heavy atom. The normalized spacial score (nSPS) is 11.0. The van der Waals surface area contributed by atoms with Gasteiger partial charge in [0.2, 0.25) is 5.89 Å². The first-order valence-electron chi connectivity index (χ1n) is 5.03. The van der Waals surface area contributed by atoms with Crippen LogP contribution in [0, 0.1) is 0 Å². The van der Waals surface area contributed by atoms with Gasteiger partial charge in [-0.2, -0.15) is 0 Å². The minimum absolute atomic E-state index is 0.0714. The number of aromatic nitrogens is 2. The summed E-state index contributed by atoms with van der Waals surface area (Å²) in [5.74, 6) is 0.552. The van der Waals surface area contributed by atoms with Crippen LogP contribution in [0.1, 0.15) is 19.7 Å². The Morgan fingerprint density at radius 3 is 2.73 bits per heavy atom. The minimum atomic E-state index is 0.0714. The van der Waals surface area contributed by atoms with E-state index in [4.69, 9.17) is 9.52 Å². The first-order valence-corrected chi connectivity index (χ1v) is 5.03. The Kier molecular flexibility index (Phi) is 4.51. The van der Waals surface area contributed by atoms with Gasteiger partial charge in [-0.25, -0.2) is 0 Å². The fraction of sp³-hybridized carbons (Fsp3) is 0.778. The second kappa shape index (κ2) is 5.67. The van der Waals surface area contributed by atoms with E-state index in [-0.39, 0.29) is 12.6 Å². The van der Waals surface area contributed by atoms with Crippen LogP contribution in [0.2, 0.25) is 0 Å². The third-order valence-electron chi connectivity index (χ3n) is 1.99. The summed E-state index contributed by atoms with van der Waals surface area (Å²) in [5.41, 5.74) is 0. The summed E-state index contributed by atoms with van der Waals surface area (Å²) in [4.78, 5) is 1.87. The number of rotatable bonds is 6. The van der Waals surface area contributed by atoms with Crippen LogP contribution < -0.4 is 10.2 Å². The molecule has 0 fully saturated rings. The monoisotopic (exact) mass is 214 g/mol. The molecule has 15 heavy (non-hydrogen) atoms. The first kappa shape index (κ1) is 11.9. The molecule has 1 aromatic heterocycles. The zero-order valence-electron chi connectivity index (χ0n) is 9.40. The van der Waals surface area contributed by atoms with E-state index in [1.165, 1.54) is 0 Å². The molecular formula is C9H18N4O2. The molecule has 0 radical (unpaired) electrons. The van der Waals surface area contributed by atoms with Crippen molar-refractivity contribution in [2.24, 2.45) is 0 Å². The number of hydrogen-bond donors (Lipinski definition) is 2. The summed E-state index contributed by atoms with van der Waals surface area (Å²) < 4.78 is 5.43. The molecule has 1 aromatic rings. The van der Waals surface area contributed by atoms with E-state index in [1.54, 1.807) is 0 Å². The maximum Gasteiger partial charge on any atom is 0.318 e. The SMILES string of the molecule is CNCc1nnc(N(CCO)C(C)C)o1. The Labute approximate surface area is 89.3 Å². The lowest BCUT2D eigenvalue weighted by atomic mass is 10.3. The molecular weight excluding hydrogens is 196 g/mol. The molecule has 0 aliphatic rings. The Morgan fingerprint density at radius 1 is 1.47 bits per heavy atom. The van der Waals surface area contributed by atoms with Gasteiger partial charge in [0.15, 0.2) is 0 Å². The lowest BCUT2D eigenvalue weighted by molar-refractivity contribution is 0.294. The number of aliphatic hydroxyl groups is 1. The Hall–Kier alpha value is -1.14. The van der Waals surface area contributed by atoms with Crippen LogP contribution >= 0.6 is 0 Å². The molecule has 0 saturated heterocycles. The fourth-order valence-electron chi connectivity index (χ4n) is 1.27. The van der Waals surface area contributed by atoms with Gasteiger partial charge in [-0.15, -0.1) is 5.10 Å². The van der Waals surface area contributed by atoms with E-state index in [2.05, 4.69) is 15.5 Å². The Bertz CT molecular complexity index is 287. The van der Waals surface area contributed by atoms with Gasteiger partial charge in [0, 0.05) is 12.6 Å². The van der Waals surface area contributed by atoms with Gasteiger partial charge < -0.3 is 19.7 Å². The molecule has 86 valence electrons. The van der Waals surface area contributed by atoms with Crippen molar-refractivity contribution >= 4 is 6.01 Å². The van der Waals surface area contributed by atoms with Crippen LogP contribution in [0.25, 0.3) is 0 Å². The molecule has 0 aliphatic heterocycles. The lowest BCUT2D eigenvalue weighted by Gasteiger charge is -2.22. The number of hydrogen-bond acceptors (Lipinski definition) is 6. The summed E-state index contributed by atoms with van der Waals surface area (Å²) in [6.07, 6.45) is 0. The maximum absolute atomic E-state index is 8.91. The van der Waals surface area contributed by atoms with Crippen LogP contribution in [0.4, 0.5) is 6.01 Å². The molecule has 0 atom stereocenters.